The van der Waals surface area contributed by atoms with Gasteiger partial charge < -0.3 is 11.1 Å². The van der Waals surface area contributed by atoms with Crippen molar-refractivity contribution in [1.82, 2.24) is 5.32 Å². The summed E-state index contributed by atoms with van der Waals surface area (Å²) in [7, 11) is 0. The first-order valence-corrected chi connectivity index (χ1v) is 6.09. The Bertz CT molecular complexity index is 358. The van der Waals surface area contributed by atoms with Gasteiger partial charge in [0.2, 0.25) is 5.91 Å². The molecule has 0 aliphatic rings. The van der Waals surface area contributed by atoms with Gasteiger partial charge in [0.05, 0.1) is 11.5 Å². The Balaban J connectivity index is 2.69. The van der Waals surface area contributed by atoms with Crippen molar-refractivity contribution in [1.29, 1.82) is 0 Å². The lowest BCUT2D eigenvalue weighted by atomic mass is 9.86. The van der Waals surface area contributed by atoms with E-state index in [0.717, 1.165) is 12.0 Å². The van der Waals surface area contributed by atoms with Crippen LogP contribution in [-0.2, 0) is 4.79 Å². The van der Waals surface area contributed by atoms with Crippen LogP contribution >= 0.6 is 0 Å². The summed E-state index contributed by atoms with van der Waals surface area (Å²) in [6.07, 6.45) is 0.747. The van der Waals surface area contributed by atoms with Crippen LogP contribution in [0.25, 0.3) is 0 Å². The Morgan fingerprint density at radius 1 is 1.41 bits per heavy atom. The third-order valence-corrected chi connectivity index (χ3v) is 3.43. The quantitative estimate of drug-likeness (QED) is 0.821. The van der Waals surface area contributed by atoms with Gasteiger partial charge in [0, 0.05) is 6.54 Å². The second-order valence-electron chi connectivity index (χ2n) is 4.72. The Hall–Kier alpha value is -1.35. The largest absolute Gasteiger partial charge is 0.349 e. The second-order valence-corrected chi connectivity index (χ2v) is 4.72. The molecule has 0 aliphatic carbocycles. The Kier molecular flexibility index (Phi) is 4.70. The first-order chi connectivity index (χ1) is 8.03. The highest BCUT2D eigenvalue weighted by atomic mass is 16.2. The number of carbonyl (C=O) groups excluding carboxylic acids is 1. The second kappa shape index (κ2) is 5.82. The zero-order valence-electron chi connectivity index (χ0n) is 10.9. The van der Waals surface area contributed by atoms with E-state index in [1.807, 2.05) is 51.1 Å². The summed E-state index contributed by atoms with van der Waals surface area (Å²) in [5.74, 6) is 0.0267. The van der Waals surface area contributed by atoms with E-state index >= 15 is 0 Å². The van der Waals surface area contributed by atoms with E-state index in [1.165, 1.54) is 0 Å². The Morgan fingerprint density at radius 2 is 2.00 bits per heavy atom. The first-order valence-electron chi connectivity index (χ1n) is 6.09. The van der Waals surface area contributed by atoms with Crippen LogP contribution in [0.1, 0.15) is 38.8 Å². The molecule has 1 aromatic rings. The number of rotatable bonds is 5. The summed E-state index contributed by atoms with van der Waals surface area (Å²) in [5, 5.41) is 3.02. The Labute approximate surface area is 103 Å². The highest BCUT2D eigenvalue weighted by Gasteiger charge is 2.30. The lowest BCUT2D eigenvalue weighted by Crippen LogP contribution is -2.44. The molecule has 0 bridgehead atoms. The molecule has 0 spiro atoms. The minimum Gasteiger partial charge on any atom is -0.349 e. The van der Waals surface area contributed by atoms with E-state index in [0.29, 0.717) is 6.54 Å². The molecule has 0 fully saturated rings. The van der Waals surface area contributed by atoms with Crippen molar-refractivity contribution in [3.05, 3.63) is 35.9 Å². The lowest BCUT2D eigenvalue weighted by molar-refractivity contribution is -0.130. The van der Waals surface area contributed by atoms with Crippen LogP contribution in [0.2, 0.25) is 0 Å². The fourth-order valence-electron chi connectivity index (χ4n) is 1.59. The molecular weight excluding hydrogens is 212 g/mol. The molecule has 0 saturated carbocycles. The molecule has 0 heterocycles. The van der Waals surface area contributed by atoms with Gasteiger partial charge in [0.15, 0.2) is 0 Å². The van der Waals surface area contributed by atoms with Crippen molar-refractivity contribution < 1.29 is 4.79 Å². The predicted octanol–water partition coefficient (Wildman–Crippen LogP) is 2.24. The van der Waals surface area contributed by atoms with Gasteiger partial charge in [0.25, 0.3) is 0 Å². The molecule has 3 heteroatoms. The minimum atomic E-state index is -0.469. The molecule has 1 amide bonds. The first kappa shape index (κ1) is 13.7. The van der Waals surface area contributed by atoms with Gasteiger partial charge in [-0.2, -0.15) is 0 Å². The zero-order chi connectivity index (χ0) is 12.9. The molecule has 0 aromatic heterocycles. The van der Waals surface area contributed by atoms with Crippen molar-refractivity contribution in [2.45, 2.75) is 33.2 Å². The highest BCUT2D eigenvalue weighted by Crippen LogP contribution is 2.21. The van der Waals surface area contributed by atoms with E-state index in [9.17, 15) is 4.79 Å². The van der Waals surface area contributed by atoms with Gasteiger partial charge in [-0.3, -0.25) is 4.79 Å². The van der Waals surface area contributed by atoms with Crippen LogP contribution in [0, 0.1) is 5.41 Å². The molecule has 0 aliphatic heterocycles. The third kappa shape index (κ3) is 3.30. The van der Waals surface area contributed by atoms with Crippen LogP contribution in [0.15, 0.2) is 30.3 Å². The normalized spacial score (nSPS) is 16.0. The molecule has 3 N–H and O–H groups in total. The number of carbonyl (C=O) groups is 1. The van der Waals surface area contributed by atoms with Gasteiger partial charge >= 0.3 is 0 Å². The molecule has 2 atom stereocenters. The van der Waals surface area contributed by atoms with Crippen molar-refractivity contribution in [2.75, 3.05) is 6.54 Å². The van der Waals surface area contributed by atoms with E-state index in [2.05, 4.69) is 5.32 Å². The van der Waals surface area contributed by atoms with Gasteiger partial charge in [-0.15, -0.1) is 0 Å². The number of nitrogens with two attached hydrogens (primary N) is 1. The molecule has 1 unspecified atom stereocenters. The summed E-state index contributed by atoms with van der Waals surface area (Å²) in [6.45, 7) is 6.25. The number of hydrogen-bond acceptors (Lipinski definition) is 2. The molecule has 94 valence electrons. The van der Waals surface area contributed by atoms with Crippen molar-refractivity contribution in [3.63, 3.8) is 0 Å². The van der Waals surface area contributed by atoms with Crippen LogP contribution in [0.3, 0.4) is 0 Å². The number of benzene rings is 1. The smallest absolute Gasteiger partial charge is 0.227 e. The summed E-state index contributed by atoms with van der Waals surface area (Å²) in [4.78, 5) is 12.1. The van der Waals surface area contributed by atoms with Crippen molar-refractivity contribution in [2.24, 2.45) is 11.1 Å². The van der Waals surface area contributed by atoms with E-state index < -0.39 is 5.41 Å². The van der Waals surface area contributed by atoms with Gasteiger partial charge in [-0.25, -0.2) is 0 Å². The molecule has 1 aromatic carbocycles. The van der Waals surface area contributed by atoms with E-state index in [-0.39, 0.29) is 11.9 Å². The van der Waals surface area contributed by atoms with Gasteiger partial charge in [-0.05, 0) is 25.8 Å². The number of nitrogens with one attached hydrogen (secondary N) is 1. The number of amides is 1. The fraction of sp³-hybridized carbons (Fsp3) is 0.500. The lowest BCUT2D eigenvalue weighted by Gasteiger charge is -2.27. The molecule has 3 nitrogen and oxygen atoms in total. The maximum atomic E-state index is 12.1. The maximum Gasteiger partial charge on any atom is 0.227 e. The highest BCUT2D eigenvalue weighted by molar-refractivity contribution is 5.82. The predicted molar refractivity (Wildman–Crippen MR) is 70.5 cm³/mol. The van der Waals surface area contributed by atoms with Gasteiger partial charge in [0.1, 0.15) is 0 Å². The molecule has 17 heavy (non-hydrogen) atoms. The monoisotopic (exact) mass is 234 g/mol. The molecule has 0 saturated heterocycles. The fourth-order valence-corrected chi connectivity index (χ4v) is 1.59. The van der Waals surface area contributed by atoms with Crippen LogP contribution in [0.4, 0.5) is 0 Å². The maximum absolute atomic E-state index is 12.1. The standard InChI is InChI=1S/C14H22N2O/c1-4-14(3,10-15)13(17)16-11(2)12-8-6-5-7-9-12/h5-9,11H,4,10,15H2,1-3H3,(H,16,17)/t11-,14?/m0/s1. The summed E-state index contributed by atoms with van der Waals surface area (Å²) in [6, 6.07) is 9.95. The average molecular weight is 234 g/mol. The number of hydrogen-bond donors (Lipinski definition) is 2. The zero-order valence-corrected chi connectivity index (χ0v) is 10.9. The molecular formula is C14H22N2O. The summed E-state index contributed by atoms with van der Waals surface area (Å²) < 4.78 is 0. The van der Waals surface area contributed by atoms with E-state index in [4.69, 9.17) is 5.73 Å². The van der Waals surface area contributed by atoms with Crippen LogP contribution in [0.5, 0.6) is 0 Å². The van der Waals surface area contributed by atoms with Crippen molar-refractivity contribution in [3.8, 4) is 0 Å². The van der Waals surface area contributed by atoms with Crippen LogP contribution in [-0.4, -0.2) is 12.5 Å². The SMILES string of the molecule is CCC(C)(CN)C(=O)N[C@@H](C)c1ccccc1. The summed E-state index contributed by atoms with van der Waals surface area (Å²) in [5.41, 5.74) is 6.31. The average Bonchev–Trinajstić information content (AvgIpc) is 2.38. The Morgan fingerprint density at radius 3 is 2.47 bits per heavy atom. The molecule has 0 radical (unpaired) electrons. The van der Waals surface area contributed by atoms with Gasteiger partial charge in [-0.1, -0.05) is 37.3 Å². The topological polar surface area (TPSA) is 55.1 Å². The third-order valence-electron chi connectivity index (χ3n) is 3.43. The van der Waals surface area contributed by atoms with Crippen molar-refractivity contribution >= 4 is 5.91 Å². The van der Waals surface area contributed by atoms with Crippen LogP contribution < -0.4 is 11.1 Å². The molecule has 1 rings (SSSR count). The minimum absolute atomic E-state index is 0.0149. The van der Waals surface area contributed by atoms with E-state index in [1.54, 1.807) is 0 Å². The summed E-state index contributed by atoms with van der Waals surface area (Å²) >= 11 is 0.